The molecule has 1 aromatic carbocycles. The van der Waals surface area contributed by atoms with Gasteiger partial charge in [0.2, 0.25) is 10.0 Å². The van der Waals surface area contributed by atoms with Crippen molar-refractivity contribution in [2.24, 2.45) is 0 Å². The van der Waals surface area contributed by atoms with Crippen LogP contribution in [0.5, 0.6) is 0 Å². The molecule has 1 fully saturated rings. The predicted octanol–water partition coefficient (Wildman–Crippen LogP) is 2.70. The van der Waals surface area contributed by atoms with Gasteiger partial charge in [-0.1, -0.05) is 36.0 Å². The van der Waals surface area contributed by atoms with E-state index in [2.05, 4.69) is 9.97 Å². The van der Waals surface area contributed by atoms with Gasteiger partial charge >= 0.3 is 0 Å². The Kier molecular flexibility index (Phi) is 5.22. The van der Waals surface area contributed by atoms with Crippen LogP contribution in [0.1, 0.15) is 18.0 Å². The minimum absolute atomic E-state index is 0.155. The number of nitrogens with zero attached hydrogens (tertiary/aromatic N) is 4. The van der Waals surface area contributed by atoms with Crippen LogP contribution >= 0.6 is 11.8 Å². The molecule has 0 radical (unpaired) electrons. The number of fused-ring (bicyclic) bond motifs is 1. The number of hydrogen-bond acceptors (Lipinski definition) is 6. The maximum Gasteiger partial charge on any atom is 0.260 e. The smallest absolute Gasteiger partial charge is 0.260 e. The highest BCUT2D eigenvalue weighted by atomic mass is 32.2. The van der Waals surface area contributed by atoms with Crippen LogP contribution in [0.2, 0.25) is 0 Å². The normalized spacial score (nSPS) is 17.8. The van der Waals surface area contributed by atoms with Crippen LogP contribution in [0.15, 0.2) is 46.5 Å². The Hall–Kier alpha value is -2.23. The second-order valence-corrected chi connectivity index (χ2v) is 10.0. The molecular weight excluding hydrogens is 408 g/mol. The number of aromatic nitrogens is 3. The van der Waals surface area contributed by atoms with Gasteiger partial charge in [-0.3, -0.25) is 9.36 Å². The van der Waals surface area contributed by atoms with Crippen LogP contribution < -0.4 is 5.56 Å². The average Bonchev–Trinajstić information content (AvgIpc) is 3.18. The molecule has 0 unspecified atom stereocenters. The van der Waals surface area contributed by atoms with E-state index in [1.54, 1.807) is 10.8 Å². The maximum absolute atomic E-state index is 13.6. The minimum Gasteiger partial charge on any atom is -0.288 e. The number of pyridine rings is 1. The van der Waals surface area contributed by atoms with E-state index in [1.807, 2.05) is 43.5 Å². The summed E-state index contributed by atoms with van der Waals surface area (Å²) in [6, 6.07) is 9.31. The van der Waals surface area contributed by atoms with Gasteiger partial charge in [0, 0.05) is 30.2 Å². The van der Waals surface area contributed by atoms with Crippen LogP contribution in [0.3, 0.4) is 0 Å². The zero-order valence-electron chi connectivity index (χ0n) is 16.5. The molecule has 9 heteroatoms. The third-order valence-corrected chi connectivity index (χ3v) is 7.16. The lowest BCUT2D eigenvalue weighted by atomic mass is 10.0. The van der Waals surface area contributed by atoms with E-state index < -0.39 is 10.0 Å². The molecule has 0 N–H and O–H groups in total. The number of hydrogen-bond donors (Lipinski definition) is 0. The third kappa shape index (κ3) is 3.70. The lowest BCUT2D eigenvalue weighted by Crippen LogP contribution is -2.31. The summed E-state index contributed by atoms with van der Waals surface area (Å²) in [5, 5.41) is 1.34. The Morgan fingerprint density at radius 3 is 2.62 bits per heavy atom. The van der Waals surface area contributed by atoms with Gasteiger partial charge in [-0.15, -0.1) is 0 Å². The van der Waals surface area contributed by atoms with Gasteiger partial charge in [-0.25, -0.2) is 22.7 Å². The molecule has 3 aromatic rings. The fraction of sp³-hybridized carbons (Fsp3) is 0.350. The standard InChI is InChI=1S/C20H22N4O3S2/c1-13-6-4-5-7-16(13)17-10-14-11-21-20(28-2)22-18(14)24(19(17)25)15-8-9-23(12-15)29(3,26)27/h4-7,10-11,15H,8-9,12H2,1-3H3/t15-/m0/s1. The SMILES string of the molecule is CSc1ncc2cc(-c3ccccc3C)c(=O)n([C@H]3CCN(S(C)(=O)=O)C3)c2n1. The largest absolute Gasteiger partial charge is 0.288 e. The highest BCUT2D eigenvalue weighted by Gasteiger charge is 2.32. The van der Waals surface area contributed by atoms with Crippen molar-refractivity contribution < 1.29 is 8.42 Å². The Balaban J connectivity index is 1.97. The van der Waals surface area contributed by atoms with E-state index in [-0.39, 0.29) is 18.1 Å². The highest BCUT2D eigenvalue weighted by molar-refractivity contribution is 7.98. The first kappa shape index (κ1) is 20.1. The van der Waals surface area contributed by atoms with Crippen molar-refractivity contribution in [3.05, 3.63) is 52.4 Å². The van der Waals surface area contributed by atoms with E-state index in [1.165, 1.54) is 22.3 Å². The van der Waals surface area contributed by atoms with Crippen molar-refractivity contribution >= 4 is 32.8 Å². The molecule has 1 aliphatic rings. The van der Waals surface area contributed by atoms with E-state index >= 15 is 0 Å². The third-order valence-electron chi connectivity index (χ3n) is 5.33. The molecule has 3 heterocycles. The highest BCUT2D eigenvalue weighted by Crippen LogP contribution is 2.29. The maximum atomic E-state index is 13.6. The lowest BCUT2D eigenvalue weighted by Gasteiger charge is -2.19. The van der Waals surface area contributed by atoms with E-state index in [0.717, 1.165) is 16.5 Å². The van der Waals surface area contributed by atoms with Gasteiger partial charge < -0.3 is 0 Å². The van der Waals surface area contributed by atoms with Crippen molar-refractivity contribution in [3.8, 4) is 11.1 Å². The van der Waals surface area contributed by atoms with Crippen molar-refractivity contribution in [1.82, 2.24) is 18.8 Å². The Morgan fingerprint density at radius 1 is 1.21 bits per heavy atom. The zero-order chi connectivity index (χ0) is 20.8. The number of aryl methyl sites for hydroxylation is 1. The van der Waals surface area contributed by atoms with Crippen LogP contribution in [0.4, 0.5) is 0 Å². The Morgan fingerprint density at radius 2 is 1.97 bits per heavy atom. The first-order valence-electron chi connectivity index (χ1n) is 9.27. The molecular formula is C20H22N4O3S2. The molecule has 0 bridgehead atoms. The summed E-state index contributed by atoms with van der Waals surface area (Å²) in [6.45, 7) is 2.63. The number of sulfonamides is 1. The lowest BCUT2D eigenvalue weighted by molar-refractivity contribution is 0.455. The molecule has 1 aliphatic heterocycles. The number of benzene rings is 1. The summed E-state index contributed by atoms with van der Waals surface area (Å²) in [7, 11) is -3.31. The van der Waals surface area contributed by atoms with Crippen LogP contribution in [0, 0.1) is 6.92 Å². The average molecular weight is 431 g/mol. The second kappa shape index (κ2) is 7.55. The van der Waals surface area contributed by atoms with Gasteiger partial charge in [-0.2, -0.15) is 0 Å². The summed E-state index contributed by atoms with van der Waals surface area (Å²) < 4.78 is 27.1. The molecule has 7 nitrogen and oxygen atoms in total. The van der Waals surface area contributed by atoms with Crippen molar-refractivity contribution in [3.63, 3.8) is 0 Å². The predicted molar refractivity (Wildman–Crippen MR) is 116 cm³/mol. The van der Waals surface area contributed by atoms with Gasteiger partial charge in [0.15, 0.2) is 5.16 Å². The second-order valence-electron chi connectivity index (χ2n) is 7.25. The molecule has 1 atom stereocenters. The summed E-state index contributed by atoms with van der Waals surface area (Å²) in [5.74, 6) is 0. The summed E-state index contributed by atoms with van der Waals surface area (Å²) in [6.07, 6.45) is 5.38. The molecule has 0 amide bonds. The van der Waals surface area contributed by atoms with Crippen molar-refractivity contribution in [1.29, 1.82) is 0 Å². The molecule has 2 aromatic heterocycles. The molecule has 152 valence electrons. The van der Waals surface area contributed by atoms with Gasteiger partial charge in [0.05, 0.1) is 12.3 Å². The van der Waals surface area contributed by atoms with Gasteiger partial charge in [-0.05, 0) is 36.8 Å². The molecule has 4 rings (SSSR count). The van der Waals surface area contributed by atoms with Gasteiger partial charge in [0.25, 0.3) is 5.56 Å². The molecule has 0 saturated carbocycles. The molecule has 0 aliphatic carbocycles. The Labute approximate surface area is 173 Å². The van der Waals surface area contributed by atoms with Gasteiger partial charge in [0.1, 0.15) is 5.65 Å². The van der Waals surface area contributed by atoms with Crippen LogP contribution in [0.25, 0.3) is 22.2 Å². The van der Waals surface area contributed by atoms with E-state index in [4.69, 9.17) is 0 Å². The number of rotatable bonds is 4. The first-order valence-corrected chi connectivity index (χ1v) is 12.3. The molecule has 29 heavy (non-hydrogen) atoms. The zero-order valence-corrected chi connectivity index (χ0v) is 18.1. The summed E-state index contributed by atoms with van der Waals surface area (Å²) in [5.41, 5.74) is 2.83. The molecule has 0 spiro atoms. The summed E-state index contributed by atoms with van der Waals surface area (Å²) >= 11 is 1.40. The van der Waals surface area contributed by atoms with Crippen molar-refractivity contribution in [2.45, 2.75) is 24.5 Å². The minimum atomic E-state index is -3.31. The van der Waals surface area contributed by atoms with Crippen molar-refractivity contribution in [2.75, 3.05) is 25.6 Å². The van der Waals surface area contributed by atoms with E-state index in [0.29, 0.717) is 29.3 Å². The fourth-order valence-corrected chi connectivity index (χ4v) is 5.05. The summed E-state index contributed by atoms with van der Waals surface area (Å²) in [4.78, 5) is 22.6. The first-order chi connectivity index (χ1) is 13.8. The number of thioether (sulfide) groups is 1. The monoisotopic (exact) mass is 430 g/mol. The fourth-order valence-electron chi connectivity index (χ4n) is 3.83. The Bertz CT molecular complexity index is 1250. The van der Waals surface area contributed by atoms with Crippen LogP contribution in [-0.4, -0.2) is 52.9 Å². The van der Waals surface area contributed by atoms with Crippen LogP contribution in [-0.2, 0) is 10.0 Å². The quantitative estimate of drug-likeness (QED) is 0.467. The molecule has 1 saturated heterocycles. The topological polar surface area (TPSA) is 85.2 Å². The van der Waals surface area contributed by atoms with E-state index in [9.17, 15) is 13.2 Å².